The zero-order chi connectivity index (χ0) is 18.5. The van der Waals surface area contributed by atoms with E-state index in [-0.39, 0.29) is 23.2 Å². The Morgan fingerprint density at radius 3 is 2.04 bits per heavy atom. The van der Waals surface area contributed by atoms with Gasteiger partial charge >= 0.3 is 0 Å². The number of halogens is 1. The van der Waals surface area contributed by atoms with Gasteiger partial charge in [0.05, 0.1) is 11.9 Å². The average molecular weight is 349 g/mol. The number of benzene rings is 2. The minimum absolute atomic E-state index is 0.00902. The Hall–Kier alpha value is -3.54. The largest absolute Gasteiger partial charge is 0.354 e. The third-order valence-electron chi connectivity index (χ3n) is 3.68. The number of pyridine rings is 1. The van der Waals surface area contributed by atoms with Gasteiger partial charge in [0.25, 0.3) is 5.91 Å². The highest BCUT2D eigenvalue weighted by Crippen LogP contribution is 2.17. The standard InChI is InChI=1S/C20H16FN3O2/c1-13(25)14-2-6-16(7-3-14)23-18-10-11-19(22-12-18)20(26)24-17-8-4-15(21)5-9-17/h2-12,23H,1H3,(H,24,26). The molecule has 0 bridgehead atoms. The summed E-state index contributed by atoms with van der Waals surface area (Å²) in [5, 5.41) is 5.80. The number of hydrogen-bond acceptors (Lipinski definition) is 4. The van der Waals surface area contributed by atoms with Gasteiger partial charge in [-0.05, 0) is 67.6 Å². The highest BCUT2D eigenvalue weighted by Gasteiger charge is 2.08. The molecule has 1 amide bonds. The first-order chi connectivity index (χ1) is 12.5. The third-order valence-corrected chi connectivity index (χ3v) is 3.68. The molecule has 0 saturated heterocycles. The molecule has 0 saturated carbocycles. The maximum absolute atomic E-state index is 12.9. The summed E-state index contributed by atoms with van der Waals surface area (Å²) < 4.78 is 12.9. The van der Waals surface area contributed by atoms with Gasteiger partial charge < -0.3 is 10.6 Å². The molecule has 26 heavy (non-hydrogen) atoms. The lowest BCUT2D eigenvalue weighted by atomic mass is 10.1. The number of Topliss-reactive ketones (excluding diaryl/α,β-unsaturated/α-hetero) is 1. The van der Waals surface area contributed by atoms with Crippen LogP contribution in [0, 0.1) is 5.82 Å². The molecule has 1 aromatic heterocycles. The van der Waals surface area contributed by atoms with E-state index < -0.39 is 0 Å². The van der Waals surface area contributed by atoms with E-state index in [0.29, 0.717) is 16.9 Å². The molecule has 0 aliphatic heterocycles. The molecule has 0 fully saturated rings. The van der Waals surface area contributed by atoms with Crippen LogP contribution in [0.1, 0.15) is 27.8 Å². The van der Waals surface area contributed by atoms with Crippen molar-refractivity contribution in [3.8, 4) is 0 Å². The second kappa shape index (κ2) is 7.57. The van der Waals surface area contributed by atoms with E-state index in [4.69, 9.17) is 0 Å². The number of nitrogens with one attached hydrogen (secondary N) is 2. The van der Waals surface area contributed by atoms with Crippen molar-refractivity contribution >= 4 is 28.8 Å². The zero-order valence-electron chi connectivity index (χ0n) is 14.0. The van der Waals surface area contributed by atoms with E-state index in [2.05, 4.69) is 15.6 Å². The van der Waals surface area contributed by atoms with Gasteiger partial charge in [0.1, 0.15) is 11.5 Å². The van der Waals surface area contributed by atoms with Gasteiger partial charge in [-0.2, -0.15) is 0 Å². The monoisotopic (exact) mass is 349 g/mol. The Morgan fingerprint density at radius 2 is 1.46 bits per heavy atom. The van der Waals surface area contributed by atoms with Crippen LogP contribution < -0.4 is 10.6 Å². The maximum atomic E-state index is 12.9. The summed E-state index contributed by atoms with van der Waals surface area (Å²) in [6.45, 7) is 1.52. The smallest absolute Gasteiger partial charge is 0.274 e. The molecule has 0 spiro atoms. The number of carbonyl (C=O) groups excluding carboxylic acids is 2. The Balaban J connectivity index is 1.64. The minimum Gasteiger partial charge on any atom is -0.354 e. The number of rotatable bonds is 5. The van der Waals surface area contributed by atoms with Crippen molar-refractivity contribution in [2.24, 2.45) is 0 Å². The van der Waals surface area contributed by atoms with Crippen molar-refractivity contribution in [3.63, 3.8) is 0 Å². The van der Waals surface area contributed by atoms with E-state index >= 15 is 0 Å². The second-order valence-electron chi connectivity index (χ2n) is 5.65. The van der Waals surface area contributed by atoms with Gasteiger partial charge in [-0.1, -0.05) is 0 Å². The molecule has 5 nitrogen and oxygen atoms in total. The lowest BCUT2D eigenvalue weighted by Gasteiger charge is -2.08. The third kappa shape index (κ3) is 4.30. The van der Waals surface area contributed by atoms with Crippen LogP contribution in [0.5, 0.6) is 0 Å². The van der Waals surface area contributed by atoms with Crippen molar-refractivity contribution in [2.45, 2.75) is 6.92 Å². The van der Waals surface area contributed by atoms with Crippen LogP contribution in [0.15, 0.2) is 66.9 Å². The fourth-order valence-electron chi connectivity index (χ4n) is 2.29. The predicted octanol–water partition coefficient (Wildman–Crippen LogP) is 4.42. The summed E-state index contributed by atoms with van der Waals surface area (Å²) in [6, 6.07) is 15.9. The predicted molar refractivity (Wildman–Crippen MR) is 98.3 cm³/mol. The molecule has 0 atom stereocenters. The molecule has 3 rings (SSSR count). The molecule has 0 aliphatic carbocycles. The van der Waals surface area contributed by atoms with Gasteiger partial charge in [-0.3, -0.25) is 9.59 Å². The first-order valence-corrected chi connectivity index (χ1v) is 7.92. The Bertz CT molecular complexity index is 921. The normalized spacial score (nSPS) is 10.2. The fourth-order valence-corrected chi connectivity index (χ4v) is 2.29. The fraction of sp³-hybridized carbons (Fsp3) is 0.0500. The van der Waals surface area contributed by atoms with Crippen molar-refractivity contribution in [3.05, 3.63) is 83.9 Å². The van der Waals surface area contributed by atoms with Gasteiger partial charge in [-0.15, -0.1) is 0 Å². The van der Waals surface area contributed by atoms with Crippen LogP contribution in [0.4, 0.5) is 21.5 Å². The molecule has 2 aromatic carbocycles. The van der Waals surface area contributed by atoms with Gasteiger partial charge in [0.15, 0.2) is 5.78 Å². The molecular weight excluding hydrogens is 333 g/mol. The number of hydrogen-bond donors (Lipinski definition) is 2. The summed E-state index contributed by atoms with van der Waals surface area (Å²) in [5.41, 5.74) is 2.89. The van der Waals surface area contributed by atoms with Crippen LogP contribution in [-0.2, 0) is 0 Å². The van der Waals surface area contributed by atoms with Crippen LogP contribution in [0.3, 0.4) is 0 Å². The summed E-state index contributed by atoms with van der Waals surface area (Å²) in [7, 11) is 0. The van der Waals surface area contributed by atoms with Crippen LogP contribution in [0.2, 0.25) is 0 Å². The van der Waals surface area contributed by atoms with Crippen LogP contribution in [-0.4, -0.2) is 16.7 Å². The van der Waals surface area contributed by atoms with Crippen molar-refractivity contribution in [1.82, 2.24) is 4.98 Å². The Morgan fingerprint density at radius 1 is 0.846 bits per heavy atom. The lowest BCUT2D eigenvalue weighted by Crippen LogP contribution is -2.13. The summed E-state index contributed by atoms with van der Waals surface area (Å²) >= 11 is 0. The van der Waals surface area contributed by atoms with Crippen molar-refractivity contribution in [2.75, 3.05) is 10.6 Å². The van der Waals surface area contributed by atoms with E-state index in [0.717, 1.165) is 5.69 Å². The molecule has 130 valence electrons. The number of carbonyl (C=O) groups is 2. The number of ketones is 1. The molecule has 0 radical (unpaired) electrons. The SMILES string of the molecule is CC(=O)c1ccc(Nc2ccc(C(=O)Nc3ccc(F)cc3)nc2)cc1. The molecule has 0 unspecified atom stereocenters. The first-order valence-electron chi connectivity index (χ1n) is 7.92. The number of anilines is 3. The molecule has 6 heteroatoms. The van der Waals surface area contributed by atoms with E-state index in [1.165, 1.54) is 31.2 Å². The van der Waals surface area contributed by atoms with E-state index in [9.17, 15) is 14.0 Å². The second-order valence-corrected chi connectivity index (χ2v) is 5.65. The maximum Gasteiger partial charge on any atom is 0.274 e. The highest BCUT2D eigenvalue weighted by atomic mass is 19.1. The zero-order valence-corrected chi connectivity index (χ0v) is 14.0. The molecule has 2 N–H and O–H groups in total. The molecule has 1 heterocycles. The number of aromatic nitrogens is 1. The summed E-state index contributed by atoms with van der Waals surface area (Å²) in [6.07, 6.45) is 1.54. The van der Waals surface area contributed by atoms with Crippen LogP contribution >= 0.6 is 0 Å². The van der Waals surface area contributed by atoms with E-state index in [1.807, 2.05) is 0 Å². The first kappa shape index (κ1) is 17.3. The Labute approximate surface area is 149 Å². The molecular formula is C20H16FN3O2. The average Bonchev–Trinajstić information content (AvgIpc) is 2.64. The van der Waals surface area contributed by atoms with Crippen molar-refractivity contribution < 1.29 is 14.0 Å². The van der Waals surface area contributed by atoms with Crippen LogP contribution in [0.25, 0.3) is 0 Å². The van der Waals surface area contributed by atoms with Gasteiger partial charge in [-0.25, -0.2) is 9.37 Å². The highest BCUT2D eigenvalue weighted by molar-refractivity contribution is 6.03. The molecule has 0 aliphatic rings. The quantitative estimate of drug-likeness (QED) is 0.669. The Kier molecular flexibility index (Phi) is 5.03. The topological polar surface area (TPSA) is 71.1 Å². The lowest BCUT2D eigenvalue weighted by molar-refractivity contribution is 0.101. The molecule has 3 aromatic rings. The van der Waals surface area contributed by atoms with Gasteiger partial charge in [0.2, 0.25) is 0 Å². The summed E-state index contributed by atoms with van der Waals surface area (Å²) in [4.78, 5) is 27.6. The van der Waals surface area contributed by atoms with E-state index in [1.54, 1.807) is 42.6 Å². The number of nitrogens with zero attached hydrogens (tertiary/aromatic N) is 1. The number of amides is 1. The van der Waals surface area contributed by atoms with Crippen molar-refractivity contribution in [1.29, 1.82) is 0 Å². The van der Waals surface area contributed by atoms with Gasteiger partial charge in [0, 0.05) is 16.9 Å². The minimum atomic E-state index is -0.381. The summed E-state index contributed by atoms with van der Waals surface area (Å²) in [5.74, 6) is -0.739.